The van der Waals surface area contributed by atoms with E-state index >= 15 is 0 Å². The molecule has 0 atom stereocenters. The average Bonchev–Trinajstić information content (AvgIpc) is 2.68. The number of hydrogen-bond acceptors (Lipinski definition) is 4. The smallest absolute Gasteiger partial charge is 0.243 e. The number of nitrogens with zero attached hydrogens (tertiary/aromatic N) is 3. The SMILES string of the molecule is C=CCNC(=NCC(=O)N(C)C)NCC1(CN2CCOCC2)CCCCC1. The van der Waals surface area contributed by atoms with Gasteiger partial charge in [-0.3, -0.25) is 9.69 Å². The highest BCUT2D eigenvalue weighted by Gasteiger charge is 2.34. The molecule has 2 fully saturated rings. The summed E-state index contributed by atoms with van der Waals surface area (Å²) < 4.78 is 5.51. The lowest BCUT2D eigenvalue weighted by Crippen LogP contribution is -2.51. The highest BCUT2D eigenvalue weighted by atomic mass is 16.5. The van der Waals surface area contributed by atoms with Crippen LogP contribution in [0.3, 0.4) is 0 Å². The maximum Gasteiger partial charge on any atom is 0.243 e. The third-order valence-electron chi connectivity index (χ3n) is 5.49. The summed E-state index contributed by atoms with van der Waals surface area (Å²) in [6.45, 7) is 10.2. The Hall–Kier alpha value is -1.60. The van der Waals surface area contributed by atoms with Crippen LogP contribution in [0.4, 0.5) is 0 Å². The van der Waals surface area contributed by atoms with Gasteiger partial charge in [0.05, 0.1) is 13.2 Å². The van der Waals surface area contributed by atoms with Crippen LogP contribution in [0.25, 0.3) is 0 Å². The zero-order valence-corrected chi connectivity index (χ0v) is 17.1. The number of amides is 1. The van der Waals surface area contributed by atoms with Crippen molar-refractivity contribution in [2.45, 2.75) is 32.1 Å². The van der Waals surface area contributed by atoms with Crippen molar-refractivity contribution in [3.05, 3.63) is 12.7 Å². The van der Waals surface area contributed by atoms with Crippen molar-refractivity contribution in [3.8, 4) is 0 Å². The van der Waals surface area contributed by atoms with Crippen LogP contribution >= 0.6 is 0 Å². The fourth-order valence-corrected chi connectivity index (χ4v) is 3.83. The van der Waals surface area contributed by atoms with Gasteiger partial charge in [-0.1, -0.05) is 25.3 Å². The van der Waals surface area contributed by atoms with E-state index in [0.29, 0.717) is 12.5 Å². The van der Waals surface area contributed by atoms with E-state index in [0.717, 1.165) is 39.4 Å². The number of likely N-dealkylation sites (N-methyl/N-ethyl adjacent to an activating group) is 1. The fourth-order valence-electron chi connectivity index (χ4n) is 3.83. The van der Waals surface area contributed by atoms with Gasteiger partial charge in [0.2, 0.25) is 5.91 Å². The second kappa shape index (κ2) is 11.3. The Balaban J connectivity index is 1.98. The minimum Gasteiger partial charge on any atom is -0.379 e. The number of nitrogens with one attached hydrogen (secondary N) is 2. The molecule has 0 unspecified atom stereocenters. The van der Waals surface area contributed by atoms with Crippen LogP contribution in [0.1, 0.15) is 32.1 Å². The third-order valence-corrected chi connectivity index (χ3v) is 5.49. The maximum absolute atomic E-state index is 11.9. The first-order chi connectivity index (χ1) is 13.0. The minimum absolute atomic E-state index is 0.00426. The summed E-state index contributed by atoms with van der Waals surface area (Å²) in [5, 5.41) is 6.75. The Kier molecular flexibility index (Phi) is 9.07. The Bertz CT molecular complexity index is 495. The van der Waals surface area contributed by atoms with E-state index in [-0.39, 0.29) is 17.9 Å². The van der Waals surface area contributed by atoms with Crippen molar-refractivity contribution in [2.75, 3.05) is 66.6 Å². The summed E-state index contributed by atoms with van der Waals surface area (Å²) >= 11 is 0. The summed E-state index contributed by atoms with van der Waals surface area (Å²) in [5.74, 6) is 0.687. The second-order valence-corrected chi connectivity index (χ2v) is 7.93. The molecule has 0 aromatic carbocycles. The number of aliphatic imine (C=N–C) groups is 1. The van der Waals surface area contributed by atoms with Crippen molar-refractivity contribution in [2.24, 2.45) is 10.4 Å². The number of morpholine rings is 1. The molecule has 1 amide bonds. The normalized spacial score (nSPS) is 20.7. The molecule has 1 saturated heterocycles. The first-order valence-electron chi connectivity index (χ1n) is 10.2. The van der Waals surface area contributed by atoms with E-state index in [4.69, 9.17) is 4.74 Å². The molecule has 2 N–H and O–H groups in total. The molecule has 7 nitrogen and oxygen atoms in total. The number of carbonyl (C=O) groups is 1. The molecule has 1 saturated carbocycles. The highest BCUT2D eigenvalue weighted by molar-refractivity contribution is 5.84. The second-order valence-electron chi connectivity index (χ2n) is 7.93. The van der Waals surface area contributed by atoms with E-state index in [1.807, 2.05) is 0 Å². The summed E-state index contributed by atoms with van der Waals surface area (Å²) in [6, 6.07) is 0. The van der Waals surface area contributed by atoms with Gasteiger partial charge in [0.1, 0.15) is 6.54 Å². The predicted molar refractivity (Wildman–Crippen MR) is 110 cm³/mol. The number of guanidine groups is 1. The average molecular weight is 380 g/mol. The highest BCUT2D eigenvalue weighted by Crippen LogP contribution is 2.36. The number of rotatable bonds is 8. The van der Waals surface area contributed by atoms with E-state index < -0.39 is 0 Å². The minimum atomic E-state index is -0.00426. The topological polar surface area (TPSA) is 69.2 Å². The molecule has 1 aliphatic carbocycles. The van der Waals surface area contributed by atoms with E-state index in [1.54, 1.807) is 25.1 Å². The van der Waals surface area contributed by atoms with Gasteiger partial charge in [0.15, 0.2) is 5.96 Å². The fraction of sp³-hybridized carbons (Fsp3) is 0.800. The molecule has 27 heavy (non-hydrogen) atoms. The monoisotopic (exact) mass is 379 g/mol. The van der Waals surface area contributed by atoms with Gasteiger partial charge in [-0.25, -0.2) is 4.99 Å². The predicted octanol–water partition coefficient (Wildman–Crippen LogP) is 1.08. The number of ether oxygens (including phenoxy) is 1. The van der Waals surface area contributed by atoms with Gasteiger partial charge in [0, 0.05) is 52.2 Å². The standard InChI is InChI=1S/C20H37N5O2/c1-4-10-21-19(22-15-18(26)24(2)3)23-16-20(8-6-5-7-9-20)17-25-11-13-27-14-12-25/h4H,1,5-17H2,2-3H3,(H2,21,22,23). The summed E-state index contributed by atoms with van der Waals surface area (Å²) in [7, 11) is 3.50. The van der Waals surface area contributed by atoms with E-state index in [2.05, 4.69) is 27.1 Å². The van der Waals surface area contributed by atoms with E-state index in [9.17, 15) is 4.79 Å². The van der Waals surface area contributed by atoms with Crippen LogP contribution in [0.2, 0.25) is 0 Å². The van der Waals surface area contributed by atoms with Crippen molar-refractivity contribution in [3.63, 3.8) is 0 Å². The molecule has 0 radical (unpaired) electrons. The van der Waals surface area contributed by atoms with Crippen LogP contribution in [-0.2, 0) is 9.53 Å². The third kappa shape index (κ3) is 7.50. The lowest BCUT2D eigenvalue weighted by atomic mass is 9.73. The molecule has 2 rings (SSSR count). The molecule has 0 spiro atoms. The number of carbonyl (C=O) groups excluding carboxylic acids is 1. The maximum atomic E-state index is 11.9. The Morgan fingerprint density at radius 2 is 1.93 bits per heavy atom. The first-order valence-corrected chi connectivity index (χ1v) is 10.2. The molecule has 154 valence electrons. The molecule has 7 heteroatoms. The lowest BCUT2D eigenvalue weighted by molar-refractivity contribution is -0.127. The number of hydrogen-bond donors (Lipinski definition) is 2. The summed E-state index contributed by atoms with van der Waals surface area (Å²) in [4.78, 5) is 20.5. The molecule has 0 bridgehead atoms. The summed E-state index contributed by atoms with van der Waals surface area (Å²) in [5.41, 5.74) is 0.262. The Morgan fingerprint density at radius 3 is 2.56 bits per heavy atom. The largest absolute Gasteiger partial charge is 0.379 e. The van der Waals surface area contributed by atoms with Crippen LogP contribution in [-0.4, -0.2) is 88.2 Å². The van der Waals surface area contributed by atoms with Gasteiger partial charge in [0.25, 0.3) is 0 Å². The first kappa shape index (κ1) is 21.7. The molecule has 2 aliphatic rings. The molecule has 0 aromatic heterocycles. The molecule has 1 aliphatic heterocycles. The van der Waals surface area contributed by atoms with Gasteiger partial charge < -0.3 is 20.3 Å². The van der Waals surface area contributed by atoms with Gasteiger partial charge >= 0.3 is 0 Å². The molecule has 1 heterocycles. The van der Waals surface area contributed by atoms with Crippen molar-refractivity contribution in [1.82, 2.24) is 20.4 Å². The molecule has 0 aromatic rings. The van der Waals surface area contributed by atoms with Gasteiger partial charge in [-0.2, -0.15) is 0 Å². The zero-order chi connectivity index (χ0) is 19.5. The molecular formula is C20H37N5O2. The van der Waals surface area contributed by atoms with E-state index in [1.165, 1.54) is 32.1 Å². The van der Waals surface area contributed by atoms with Crippen LogP contribution in [0.15, 0.2) is 17.6 Å². The Morgan fingerprint density at radius 1 is 1.22 bits per heavy atom. The quantitative estimate of drug-likeness (QED) is 0.375. The van der Waals surface area contributed by atoms with Crippen molar-refractivity contribution in [1.29, 1.82) is 0 Å². The zero-order valence-electron chi connectivity index (χ0n) is 17.1. The van der Waals surface area contributed by atoms with Crippen LogP contribution in [0, 0.1) is 5.41 Å². The summed E-state index contributed by atoms with van der Waals surface area (Å²) in [6.07, 6.45) is 8.19. The molecular weight excluding hydrogens is 342 g/mol. The van der Waals surface area contributed by atoms with Crippen molar-refractivity contribution < 1.29 is 9.53 Å². The van der Waals surface area contributed by atoms with Crippen LogP contribution < -0.4 is 10.6 Å². The van der Waals surface area contributed by atoms with Gasteiger partial charge in [-0.05, 0) is 12.8 Å². The lowest BCUT2D eigenvalue weighted by Gasteiger charge is -2.42. The Labute approximate surface area is 164 Å². The van der Waals surface area contributed by atoms with Crippen LogP contribution in [0.5, 0.6) is 0 Å². The van der Waals surface area contributed by atoms with Gasteiger partial charge in [-0.15, -0.1) is 6.58 Å². The van der Waals surface area contributed by atoms with Crippen molar-refractivity contribution >= 4 is 11.9 Å².